The zero-order valence-corrected chi connectivity index (χ0v) is 10.7. The maximum absolute atomic E-state index is 12.8. The van der Waals surface area contributed by atoms with E-state index in [2.05, 4.69) is 10.5 Å². The number of para-hydroxylation sites is 1. The van der Waals surface area contributed by atoms with Crippen LogP contribution in [-0.2, 0) is 19.3 Å². The summed E-state index contributed by atoms with van der Waals surface area (Å²) in [5.41, 5.74) is -0.148. The standard InChI is InChI=1S/C13H13F3N2O2/c1-17-7-9-6-10(20-18-9)8-19-12-5-3-2-4-11(12)13(14,15)16/h2-6,17H,7-8H2,1H3. The first kappa shape index (κ1) is 14.4. The Morgan fingerprint density at radius 3 is 2.75 bits per heavy atom. The summed E-state index contributed by atoms with van der Waals surface area (Å²) in [5.74, 6) is 0.138. The van der Waals surface area contributed by atoms with Gasteiger partial charge < -0.3 is 14.6 Å². The quantitative estimate of drug-likeness (QED) is 0.918. The van der Waals surface area contributed by atoms with Crippen LogP contribution in [0.4, 0.5) is 13.2 Å². The predicted molar refractivity (Wildman–Crippen MR) is 65.0 cm³/mol. The molecule has 0 fully saturated rings. The minimum absolute atomic E-state index is 0.107. The molecule has 4 nitrogen and oxygen atoms in total. The summed E-state index contributed by atoms with van der Waals surface area (Å²) in [7, 11) is 1.75. The largest absolute Gasteiger partial charge is 0.485 e. The molecule has 0 saturated carbocycles. The van der Waals surface area contributed by atoms with E-state index in [4.69, 9.17) is 9.26 Å². The van der Waals surface area contributed by atoms with E-state index in [1.807, 2.05) is 0 Å². The van der Waals surface area contributed by atoms with Gasteiger partial charge in [0.15, 0.2) is 5.76 Å². The maximum atomic E-state index is 12.8. The van der Waals surface area contributed by atoms with Crippen molar-refractivity contribution < 1.29 is 22.4 Å². The Hall–Kier alpha value is -2.02. The summed E-state index contributed by atoms with van der Waals surface area (Å²) in [6.07, 6.45) is -4.45. The Morgan fingerprint density at radius 2 is 2.05 bits per heavy atom. The van der Waals surface area contributed by atoms with E-state index in [0.29, 0.717) is 18.0 Å². The normalized spacial score (nSPS) is 11.6. The highest BCUT2D eigenvalue weighted by atomic mass is 19.4. The lowest BCUT2D eigenvalue weighted by atomic mass is 10.2. The Kier molecular flexibility index (Phi) is 4.29. The van der Waals surface area contributed by atoms with Crippen molar-refractivity contribution in [3.63, 3.8) is 0 Å². The second kappa shape index (κ2) is 5.96. The van der Waals surface area contributed by atoms with E-state index in [1.165, 1.54) is 18.2 Å². The molecule has 1 heterocycles. The number of benzene rings is 1. The van der Waals surface area contributed by atoms with Crippen molar-refractivity contribution >= 4 is 0 Å². The van der Waals surface area contributed by atoms with E-state index in [1.54, 1.807) is 13.1 Å². The van der Waals surface area contributed by atoms with Crippen molar-refractivity contribution in [2.75, 3.05) is 7.05 Å². The highest BCUT2D eigenvalue weighted by Gasteiger charge is 2.34. The van der Waals surface area contributed by atoms with Crippen molar-refractivity contribution in [2.24, 2.45) is 0 Å². The van der Waals surface area contributed by atoms with Crippen molar-refractivity contribution in [1.29, 1.82) is 0 Å². The first-order chi connectivity index (χ1) is 9.50. The third-order valence-electron chi connectivity index (χ3n) is 2.53. The van der Waals surface area contributed by atoms with Crippen molar-refractivity contribution in [1.82, 2.24) is 10.5 Å². The van der Waals surface area contributed by atoms with Crippen LogP contribution in [0.15, 0.2) is 34.9 Å². The first-order valence-electron chi connectivity index (χ1n) is 5.89. The number of halogens is 3. The van der Waals surface area contributed by atoms with E-state index in [0.717, 1.165) is 6.07 Å². The lowest BCUT2D eigenvalue weighted by Gasteiger charge is -2.12. The summed E-state index contributed by atoms with van der Waals surface area (Å²) >= 11 is 0. The molecule has 2 rings (SSSR count). The van der Waals surface area contributed by atoms with E-state index in [-0.39, 0.29) is 12.4 Å². The van der Waals surface area contributed by atoms with E-state index in [9.17, 15) is 13.2 Å². The van der Waals surface area contributed by atoms with Gasteiger partial charge in [0.2, 0.25) is 0 Å². The van der Waals surface area contributed by atoms with Crippen LogP contribution in [0, 0.1) is 0 Å². The van der Waals surface area contributed by atoms with Crippen LogP contribution >= 0.6 is 0 Å². The van der Waals surface area contributed by atoms with E-state index < -0.39 is 11.7 Å². The van der Waals surface area contributed by atoms with E-state index >= 15 is 0 Å². The number of hydrogen-bond donors (Lipinski definition) is 1. The molecule has 1 aromatic heterocycles. The summed E-state index contributed by atoms with van der Waals surface area (Å²) in [5, 5.41) is 6.64. The first-order valence-corrected chi connectivity index (χ1v) is 5.89. The monoisotopic (exact) mass is 286 g/mol. The van der Waals surface area contributed by atoms with Gasteiger partial charge in [0.05, 0.1) is 11.3 Å². The molecular weight excluding hydrogens is 273 g/mol. The summed E-state index contributed by atoms with van der Waals surface area (Å²) in [6.45, 7) is 0.409. The molecule has 108 valence electrons. The van der Waals surface area contributed by atoms with Gasteiger partial charge in [-0.2, -0.15) is 13.2 Å². The van der Waals surface area contributed by atoms with Gasteiger partial charge in [-0.05, 0) is 19.2 Å². The second-order valence-electron chi connectivity index (χ2n) is 4.10. The topological polar surface area (TPSA) is 47.3 Å². The molecule has 0 spiro atoms. The number of nitrogens with one attached hydrogen (secondary N) is 1. The lowest BCUT2D eigenvalue weighted by Crippen LogP contribution is -2.08. The minimum Gasteiger partial charge on any atom is -0.485 e. The van der Waals surface area contributed by atoms with Gasteiger partial charge in [0.25, 0.3) is 0 Å². The van der Waals surface area contributed by atoms with Gasteiger partial charge in [-0.15, -0.1) is 0 Å². The van der Waals surface area contributed by atoms with Crippen LogP contribution in [0.1, 0.15) is 17.0 Å². The van der Waals surface area contributed by atoms with Gasteiger partial charge in [-0.25, -0.2) is 0 Å². The molecule has 20 heavy (non-hydrogen) atoms. The highest BCUT2D eigenvalue weighted by Crippen LogP contribution is 2.36. The molecule has 0 aliphatic rings. The summed E-state index contributed by atoms with van der Waals surface area (Å²) in [4.78, 5) is 0. The number of ether oxygens (including phenoxy) is 1. The van der Waals surface area contributed by atoms with Crippen LogP contribution in [0.5, 0.6) is 5.75 Å². The Balaban J connectivity index is 2.07. The van der Waals surface area contributed by atoms with Crippen LogP contribution in [-0.4, -0.2) is 12.2 Å². The Bertz CT molecular complexity index is 567. The molecule has 0 atom stereocenters. The van der Waals surface area contributed by atoms with Gasteiger partial charge in [0.1, 0.15) is 12.4 Å². The van der Waals surface area contributed by atoms with Crippen molar-refractivity contribution in [3.05, 3.63) is 47.3 Å². The molecule has 2 aromatic rings. The second-order valence-corrected chi connectivity index (χ2v) is 4.10. The van der Waals surface area contributed by atoms with Gasteiger partial charge in [-0.1, -0.05) is 17.3 Å². The van der Waals surface area contributed by atoms with Crippen LogP contribution in [0.25, 0.3) is 0 Å². The maximum Gasteiger partial charge on any atom is 0.419 e. The summed E-state index contributed by atoms with van der Waals surface area (Å²) in [6, 6.07) is 6.68. The fraction of sp³-hybridized carbons (Fsp3) is 0.308. The number of alkyl halides is 3. The highest BCUT2D eigenvalue weighted by molar-refractivity contribution is 5.35. The molecule has 0 bridgehead atoms. The Labute approximate surface area is 113 Å². The van der Waals surface area contributed by atoms with Gasteiger partial charge >= 0.3 is 6.18 Å². The molecule has 1 aromatic carbocycles. The Morgan fingerprint density at radius 1 is 1.30 bits per heavy atom. The zero-order chi connectivity index (χ0) is 14.6. The minimum atomic E-state index is -4.45. The number of aromatic nitrogens is 1. The lowest BCUT2D eigenvalue weighted by molar-refractivity contribution is -0.139. The molecule has 1 N–H and O–H groups in total. The molecule has 7 heteroatoms. The number of hydrogen-bond acceptors (Lipinski definition) is 4. The molecule has 0 radical (unpaired) electrons. The van der Waals surface area contributed by atoms with Crippen LogP contribution in [0.3, 0.4) is 0 Å². The molecule has 0 aliphatic heterocycles. The zero-order valence-electron chi connectivity index (χ0n) is 10.7. The fourth-order valence-electron chi connectivity index (χ4n) is 1.66. The fourth-order valence-corrected chi connectivity index (χ4v) is 1.66. The van der Waals surface area contributed by atoms with Gasteiger partial charge in [-0.3, -0.25) is 0 Å². The smallest absolute Gasteiger partial charge is 0.419 e. The molecule has 0 unspecified atom stereocenters. The van der Waals surface area contributed by atoms with Crippen LogP contribution < -0.4 is 10.1 Å². The van der Waals surface area contributed by atoms with Crippen LogP contribution in [0.2, 0.25) is 0 Å². The SMILES string of the molecule is CNCc1cc(COc2ccccc2C(F)(F)F)on1. The van der Waals surface area contributed by atoms with Crippen molar-refractivity contribution in [3.8, 4) is 5.75 Å². The summed E-state index contributed by atoms with van der Waals surface area (Å²) < 4.78 is 48.4. The number of nitrogens with zero attached hydrogens (tertiary/aromatic N) is 1. The molecule has 0 saturated heterocycles. The third kappa shape index (κ3) is 3.51. The average molecular weight is 286 g/mol. The number of rotatable bonds is 5. The predicted octanol–water partition coefficient (Wildman–Crippen LogP) is 2.99. The van der Waals surface area contributed by atoms with Crippen molar-refractivity contribution in [2.45, 2.75) is 19.3 Å². The molecule has 0 aliphatic carbocycles. The molecule has 0 amide bonds. The molecular formula is C13H13F3N2O2. The average Bonchev–Trinajstić information content (AvgIpc) is 2.84. The third-order valence-corrected chi connectivity index (χ3v) is 2.53. The van der Waals surface area contributed by atoms with Gasteiger partial charge in [0, 0.05) is 12.6 Å².